The zero-order chi connectivity index (χ0) is 14.7. The fourth-order valence-corrected chi connectivity index (χ4v) is 2.53. The minimum absolute atomic E-state index is 0.300. The third-order valence-corrected chi connectivity index (χ3v) is 3.57. The van der Waals surface area contributed by atoms with Crippen molar-refractivity contribution in [1.29, 1.82) is 0 Å². The molecule has 1 aromatic carbocycles. The van der Waals surface area contributed by atoms with E-state index in [1.165, 1.54) is 18.2 Å². The fraction of sp³-hybridized carbons (Fsp3) is 0.250. The summed E-state index contributed by atoms with van der Waals surface area (Å²) in [5, 5.41) is 6.74. The Bertz CT molecular complexity index is 670. The molecular weight excluding hydrogens is 266 g/mol. The lowest BCUT2D eigenvalue weighted by molar-refractivity contribution is 0.0594. The second kappa shape index (κ2) is 5.93. The SMILES string of the molecule is COC(=O)c1cc(Nc2cccc3c2CCNC3)ccn1. The van der Waals surface area contributed by atoms with Gasteiger partial charge in [0.15, 0.2) is 0 Å². The summed E-state index contributed by atoms with van der Waals surface area (Å²) in [6.45, 7) is 1.88. The van der Waals surface area contributed by atoms with E-state index in [1.807, 2.05) is 12.1 Å². The number of carbonyl (C=O) groups is 1. The molecule has 0 fully saturated rings. The summed E-state index contributed by atoms with van der Waals surface area (Å²) in [7, 11) is 1.35. The third kappa shape index (κ3) is 2.87. The van der Waals surface area contributed by atoms with Crippen LogP contribution in [0.25, 0.3) is 0 Å². The van der Waals surface area contributed by atoms with E-state index < -0.39 is 5.97 Å². The van der Waals surface area contributed by atoms with Crippen molar-refractivity contribution in [2.45, 2.75) is 13.0 Å². The minimum atomic E-state index is -0.432. The molecule has 1 aromatic heterocycles. The molecule has 5 heteroatoms. The maximum atomic E-state index is 11.5. The lowest BCUT2D eigenvalue weighted by Crippen LogP contribution is -2.24. The predicted octanol–water partition coefficient (Wildman–Crippen LogP) is 2.26. The molecule has 1 aliphatic rings. The number of methoxy groups -OCH3 is 1. The van der Waals surface area contributed by atoms with Crippen molar-refractivity contribution in [2.24, 2.45) is 0 Å². The van der Waals surface area contributed by atoms with E-state index in [2.05, 4.69) is 27.8 Å². The van der Waals surface area contributed by atoms with E-state index in [0.29, 0.717) is 5.69 Å². The summed E-state index contributed by atoms with van der Waals surface area (Å²) in [5.41, 5.74) is 4.85. The Morgan fingerprint density at radius 3 is 3.14 bits per heavy atom. The molecule has 0 aliphatic carbocycles. The zero-order valence-corrected chi connectivity index (χ0v) is 11.8. The van der Waals surface area contributed by atoms with E-state index in [0.717, 1.165) is 30.9 Å². The van der Waals surface area contributed by atoms with Crippen LogP contribution in [0.15, 0.2) is 36.5 Å². The van der Waals surface area contributed by atoms with Gasteiger partial charge in [0.25, 0.3) is 0 Å². The first kappa shape index (κ1) is 13.6. The topological polar surface area (TPSA) is 63.2 Å². The van der Waals surface area contributed by atoms with Crippen LogP contribution in [-0.2, 0) is 17.7 Å². The van der Waals surface area contributed by atoms with Crippen LogP contribution in [0.2, 0.25) is 0 Å². The summed E-state index contributed by atoms with van der Waals surface area (Å²) in [4.78, 5) is 15.5. The van der Waals surface area contributed by atoms with Crippen LogP contribution in [0.3, 0.4) is 0 Å². The first-order valence-corrected chi connectivity index (χ1v) is 6.91. The molecule has 0 atom stereocenters. The summed E-state index contributed by atoms with van der Waals surface area (Å²) >= 11 is 0. The second-order valence-corrected chi connectivity index (χ2v) is 4.92. The molecule has 108 valence electrons. The standard InChI is InChI=1S/C16H17N3O2/c1-21-16(20)15-9-12(5-8-18-15)19-14-4-2-3-11-10-17-7-6-13(11)14/h2-5,8-9,17H,6-7,10H2,1H3,(H,18,19). The highest BCUT2D eigenvalue weighted by Gasteiger charge is 2.13. The number of nitrogens with zero attached hydrogens (tertiary/aromatic N) is 1. The first-order chi connectivity index (χ1) is 10.3. The molecule has 0 spiro atoms. The van der Waals surface area contributed by atoms with Crippen LogP contribution in [0.4, 0.5) is 11.4 Å². The fourth-order valence-electron chi connectivity index (χ4n) is 2.53. The first-order valence-electron chi connectivity index (χ1n) is 6.91. The predicted molar refractivity (Wildman–Crippen MR) is 80.7 cm³/mol. The average molecular weight is 283 g/mol. The number of hydrogen-bond acceptors (Lipinski definition) is 5. The number of benzene rings is 1. The Morgan fingerprint density at radius 1 is 1.38 bits per heavy atom. The van der Waals surface area contributed by atoms with Gasteiger partial charge in [-0.3, -0.25) is 0 Å². The number of fused-ring (bicyclic) bond motifs is 1. The molecule has 0 saturated heterocycles. The highest BCUT2D eigenvalue weighted by Crippen LogP contribution is 2.26. The van der Waals surface area contributed by atoms with Gasteiger partial charge in [0.2, 0.25) is 0 Å². The Kier molecular flexibility index (Phi) is 3.83. The summed E-state index contributed by atoms with van der Waals surface area (Å²) in [5.74, 6) is -0.432. The number of aromatic nitrogens is 1. The molecule has 0 radical (unpaired) electrons. The normalized spacial score (nSPS) is 13.4. The molecule has 2 N–H and O–H groups in total. The highest BCUT2D eigenvalue weighted by molar-refractivity contribution is 5.88. The number of nitrogens with one attached hydrogen (secondary N) is 2. The van der Waals surface area contributed by atoms with Crippen molar-refractivity contribution in [3.05, 3.63) is 53.3 Å². The van der Waals surface area contributed by atoms with E-state index in [1.54, 1.807) is 12.3 Å². The largest absolute Gasteiger partial charge is 0.464 e. The van der Waals surface area contributed by atoms with Crippen LogP contribution in [0.1, 0.15) is 21.6 Å². The molecule has 0 unspecified atom stereocenters. The smallest absolute Gasteiger partial charge is 0.356 e. The molecule has 1 aliphatic heterocycles. The molecule has 0 saturated carbocycles. The Balaban J connectivity index is 1.89. The molecule has 21 heavy (non-hydrogen) atoms. The number of rotatable bonds is 3. The summed E-state index contributed by atoms with van der Waals surface area (Å²) in [6, 6.07) is 9.78. The molecule has 0 amide bonds. The summed E-state index contributed by atoms with van der Waals surface area (Å²) < 4.78 is 4.69. The van der Waals surface area contributed by atoms with Crippen LogP contribution >= 0.6 is 0 Å². The average Bonchev–Trinajstić information content (AvgIpc) is 2.55. The van der Waals surface area contributed by atoms with Crippen LogP contribution in [0.5, 0.6) is 0 Å². The van der Waals surface area contributed by atoms with Crippen molar-refractivity contribution < 1.29 is 9.53 Å². The maximum absolute atomic E-state index is 11.5. The van der Waals surface area contributed by atoms with E-state index in [-0.39, 0.29) is 0 Å². The van der Waals surface area contributed by atoms with Gasteiger partial charge >= 0.3 is 5.97 Å². The van der Waals surface area contributed by atoms with Gasteiger partial charge in [-0.1, -0.05) is 12.1 Å². The molecule has 2 heterocycles. The van der Waals surface area contributed by atoms with Gasteiger partial charge in [-0.2, -0.15) is 0 Å². The van der Waals surface area contributed by atoms with Crippen molar-refractivity contribution >= 4 is 17.3 Å². The second-order valence-electron chi connectivity index (χ2n) is 4.92. The number of hydrogen-bond donors (Lipinski definition) is 2. The Morgan fingerprint density at radius 2 is 2.29 bits per heavy atom. The van der Waals surface area contributed by atoms with Gasteiger partial charge in [-0.05, 0) is 42.3 Å². The van der Waals surface area contributed by atoms with E-state index in [9.17, 15) is 4.79 Å². The van der Waals surface area contributed by atoms with Crippen LogP contribution < -0.4 is 10.6 Å². The van der Waals surface area contributed by atoms with Gasteiger partial charge < -0.3 is 15.4 Å². The van der Waals surface area contributed by atoms with Crippen molar-refractivity contribution in [1.82, 2.24) is 10.3 Å². The lowest BCUT2D eigenvalue weighted by Gasteiger charge is -2.21. The number of anilines is 2. The van der Waals surface area contributed by atoms with Gasteiger partial charge in [0.05, 0.1) is 7.11 Å². The van der Waals surface area contributed by atoms with Crippen molar-refractivity contribution in [3.63, 3.8) is 0 Å². The van der Waals surface area contributed by atoms with Gasteiger partial charge in [0.1, 0.15) is 5.69 Å². The van der Waals surface area contributed by atoms with Gasteiger partial charge in [0, 0.05) is 24.1 Å². The van der Waals surface area contributed by atoms with E-state index >= 15 is 0 Å². The Labute approximate surface area is 123 Å². The third-order valence-electron chi connectivity index (χ3n) is 3.57. The number of carbonyl (C=O) groups excluding carboxylic acids is 1. The molecular formula is C16H17N3O2. The quantitative estimate of drug-likeness (QED) is 0.846. The van der Waals surface area contributed by atoms with Gasteiger partial charge in [-0.15, -0.1) is 0 Å². The van der Waals surface area contributed by atoms with Crippen molar-refractivity contribution in [2.75, 3.05) is 19.0 Å². The minimum Gasteiger partial charge on any atom is -0.464 e. The van der Waals surface area contributed by atoms with Gasteiger partial charge in [-0.25, -0.2) is 9.78 Å². The molecule has 5 nitrogen and oxygen atoms in total. The van der Waals surface area contributed by atoms with Crippen LogP contribution in [0, 0.1) is 0 Å². The summed E-state index contributed by atoms with van der Waals surface area (Å²) in [6.07, 6.45) is 2.60. The number of ether oxygens (including phenoxy) is 1. The maximum Gasteiger partial charge on any atom is 0.356 e. The van der Waals surface area contributed by atoms with Crippen LogP contribution in [-0.4, -0.2) is 24.6 Å². The molecule has 3 rings (SSSR count). The Hall–Kier alpha value is -2.40. The highest BCUT2D eigenvalue weighted by atomic mass is 16.5. The monoisotopic (exact) mass is 283 g/mol. The molecule has 2 aromatic rings. The zero-order valence-electron chi connectivity index (χ0n) is 11.8. The number of pyridine rings is 1. The van der Waals surface area contributed by atoms with E-state index in [4.69, 9.17) is 4.74 Å². The molecule has 0 bridgehead atoms. The lowest BCUT2D eigenvalue weighted by atomic mass is 9.99. The number of esters is 1. The van der Waals surface area contributed by atoms with Crippen molar-refractivity contribution in [3.8, 4) is 0 Å².